The molecule has 0 aromatic carbocycles. The third kappa shape index (κ3) is 3.63. The summed E-state index contributed by atoms with van der Waals surface area (Å²) in [7, 11) is 0. The van der Waals surface area contributed by atoms with Gasteiger partial charge in [-0.05, 0) is 31.0 Å². The molecule has 0 fully saturated rings. The predicted octanol–water partition coefficient (Wildman–Crippen LogP) is 1.98. The quantitative estimate of drug-likeness (QED) is 0.796. The van der Waals surface area contributed by atoms with E-state index in [0.29, 0.717) is 35.1 Å². The predicted molar refractivity (Wildman–Crippen MR) is 62.8 cm³/mol. The Morgan fingerprint density at radius 1 is 1.56 bits per heavy atom. The molecule has 0 saturated heterocycles. The van der Waals surface area contributed by atoms with Crippen LogP contribution >= 0.6 is 23.2 Å². The van der Waals surface area contributed by atoms with Crippen molar-refractivity contribution in [2.75, 3.05) is 6.54 Å². The third-order valence-electron chi connectivity index (χ3n) is 2.23. The van der Waals surface area contributed by atoms with Gasteiger partial charge in [-0.3, -0.25) is 4.79 Å². The molecule has 0 spiro atoms. The lowest BCUT2D eigenvalue weighted by atomic mass is 9.97. The van der Waals surface area contributed by atoms with Crippen LogP contribution in [0.2, 0.25) is 10.2 Å². The standard InChI is InChI=1S/C10H12Cl2N2O2/c11-8-4-9(12)14-5-7(8)3-6(1-2-13)10(15)16/h4-6H,1-3,13H2,(H,15,16). The van der Waals surface area contributed by atoms with Gasteiger partial charge in [-0.2, -0.15) is 0 Å². The second kappa shape index (κ2) is 6.03. The minimum atomic E-state index is -0.878. The molecule has 16 heavy (non-hydrogen) atoms. The maximum absolute atomic E-state index is 10.9. The number of carbonyl (C=O) groups is 1. The number of carboxylic acid groups (broad SMARTS) is 1. The molecule has 0 bridgehead atoms. The fraction of sp³-hybridized carbons (Fsp3) is 0.400. The average Bonchev–Trinajstić information content (AvgIpc) is 2.20. The van der Waals surface area contributed by atoms with E-state index in [1.165, 1.54) is 12.3 Å². The van der Waals surface area contributed by atoms with E-state index < -0.39 is 11.9 Å². The van der Waals surface area contributed by atoms with Crippen LogP contribution in [0, 0.1) is 5.92 Å². The highest BCUT2D eigenvalue weighted by atomic mass is 35.5. The van der Waals surface area contributed by atoms with Crippen molar-refractivity contribution in [3.63, 3.8) is 0 Å². The number of halogens is 2. The summed E-state index contributed by atoms with van der Waals surface area (Å²) in [4.78, 5) is 14.8. The smallest absolute Gasteiger partial charge is 0.306 e. The first-order chi connectivity index (χ1) is 7.54. The summed E-state index contributed by atoms with van der Waals surface area (Å²) >= 11 is 11.6. The average molecular weight is 263 g/mol. The Morgan fingerprint density at radius 3 is 2.75 bits per heavy atom. The van der Waals surface area contributed by atoms with Gasteiger partial charge in [0, 0.05) is 11.2 Å². The Labute approximate surface area is 103 Å². The summed E-state index contributed by atoms with van der Waals surface area (Å²) in [5.41, 5.74) is 6.02. The molecule has 0 radical (unpaired) electrons. The van der Waals surface area contributed by atoms with Crippen LogP contribution in [0.25, 0.3) is 0 Å². The number of carboxylic acids is 1. The molecule has 1 atom stereocenters. The maximum Gasteiger partial charge on any atom is 0.306 e. The van der Waals surface area contributed by atoms with Crippen LogP contribution in [0.15, 0.2) is 12.3 Å². The summed E-state index contributed by atoms with van der Waals surface area (Å²) in [6.45, 7) is 0.329. The number of hydrogen-bond acceptors (Lipinski definition) is 3. The van der Waals surface area contributed by atoms with Crippen LogP contribution in [0.1, 0.15) is 12.0 Å². The van der Waals surface area contributed by atoms with Crippen molar-refractivity contribution in [2.45, 2.75) is 12.8 Å². The first-order valence-corrected chi connectivity index (χ1v) is 5.53. The van der Waals surface area contributed by atoms with Crippen LogP contribution in [-0.4, -0.2) is 22.6 Å². The van der Waals surface area contributed by atoms with Gasteiger partial charge >= 0.3 is 5.97 Å². The zero-order valence-electron chi connectivity index (χ0n) is 8.49. The molecule has 4 nitrogen and oxygen atoms in total. The van der Waals surface area contributed by atoms with Crippen molar-refractivity contribution in [3.8, 4) is 0 Å². The van der Waals surface area contributed by atoms with Gasteiger partial charge in [0.05, 0.1) is 5.92 Å². The first kappa shape index (κ1) is 13.2. The molecule has 1 heterocycles. The van der Waals surface area contributed by atoms with Crippen molar-refractivity contribution in [1.82, 2.24) is 4.98 Å². The molecule has 6 heteroatoms. The molecule has 1 aromatic rings. The normalized spacial score (nSPS) is 12.4. The monoisotopic (exact) mass is 262 g/mol. The molecule has 0 aliphatic rings. The summed E-state index contributed by atoms with van der Waals surface area (Å²) < 4.78 is 0. The highest BCUT2D eigenvalue weighted by molar-refractivity contribution is 6.34. The van der Waals surface area contributed by atoms with E-state index in [4.69, 9.17) is 34.0 Å². The van der Waals surface area contributed by atoms with E-state index in [-0.39, 0.29) is 0 Å². The number of hydrogen-bond donors (Lipinski definition) is 2. The number of aliphatic carboxylic acids is 1. The number of rotatable bonds is 5. The lowest BCUT2D eigenvalue weighted by Crippen LogP contribution is -2.20. The van der Waals surface area contributed by atoms with E-state index >= 15 is 0 Å². The highest BCUT2D eigenvalue weighted by Crippen LogP contribution is 2.22. The Morgan fingerprint density at radius 2 is 2.25 bits per heavy atom. The summed E-state index contributed by atoms with van der Waals surface area (Å²) in [6, 6.07) is 1.50. The van der Waals surface area contributed by atoms with Crippen molar-refractivity contribution >= 4 is 29.2 Å². The Balaban J connectivity index is 2.81. The van der Waals surface area contributed by atoms with E-state index in [0.717, 1.165) is 0 Å². The molecule has 0 aliphatic carbocycles. The molecule has 88 valence electrons. The zero-order chi connectivity index (χ0) is 12.1. The lowest BCUT2D eigenvalue weighted by Gasteiger charge is -2.11. The molecule has 0 amide bonds. The van der Waals surface area contributed by atoms with Gasteiger partial charge < -0.3 is 10.8 Å². The highest BCUT2D eigenvalue weighted by Gasteiger charge is 2.18. The molecule has 1 aromatic heterocycles. The fourth-order valence-electron chi connectivity index (χ4n) is 1.37. The molecule has 1 unspecified atom stereocenters. The fourth-order valence-corrected chi connectivity index (χ4v) is 1.81. The lowest BCUT2D eigenvalue weighted by molar-refractivity contribution is -0.141. The Hall–Kier alpha value is -0.840. The van der Waals surface area contributed by atoms with Crippen molar-refractivity contribution in [3.05, 3.63) is 28.0 Å². The molecule has 1 rings (SSSR count). The van der Waals surface area contributed by atoms with Crippen LogP contribution in [-0.2, 0) is 11.2 Å². The largest absolute Gasteiger partial charge is 0.481 e. The minimum absolute atomic E-state index is 0.291. The second-order valence-electron chi connectivity index (χ2n) is 3.42. The molecule has 0 saturated carbocycles. The first-order valence-electron chi connectivity index (χ1n) is 4.77. The van der Waals surface area contributed by atoms with Crippen LogP contribution in [0.4, 0.5) is 0 Å². The number of pyridine rings is 1. The van der Waals surface area contributed by atoms with Gasteiger partial charge in [-0.15, -0.1) is 0 Å². The number of aromatic nitrogens is 1. The van der Waals surface area contributed by atoms with E-state index in [1.807, 2.05) is 0 Å². The van der Waals surface area contributed by atoms with E-state index in [2.05, 4.69) is 4.98 Å². The molecular weight excluding hydrogens is 251 g/mol. The zero-order valence-corrected chi connectivity index (χ0v) is 10.0. The summed E-state index contributed by atoms with van der Waals surface area (Å²) in [5.74, 6) is -1.41. The second-order valence-corrected chi connectivity index (χ2v) is 4.21. The van der Waals surface area contributed by atoms with Gasteiger partial charge in [0.25, 0.3) is 0 Å². The third-order valence-corrected chi connectivity index (χ3v) is 2.79. The van der Waals surface area contributed by atoms with Crippen molar-refractivity contribution in [2.24, 2.45) is 11.7 Å². The SMILES string of the molecule is NCCC(Cc1cnc(Cl)cc1Cl)C(=O)O. The number of nitrogens with zero attached hydrogens (tertiary/aromatic N) is 1. The van der Waals surface area contributed by atoms with Crippen LogP contribution in [0.3, 0.4) is 0 Å². The van der Waals surface area contributed by atoms with Gasteiger partial charge in [0.1, 0.15) is 5.15 Å². The van der Waals surface area contributed by atoms with Crippen molar-refractivity contribution < 1.29 is 9.90 Å². The van der Waals surface area contributed by atoms with E-state index in [9.17, 15) is 4.79 Å². The molecule has 0 aliphatic heterocycles. The van der Waals surface area contributed by atoms with Gasteiger partial charge in [0.15, 0.2) is 0 Å². The van der Waals surface area contributed by atoms with Gasteiger partial charge in [0.2, 0.25) is 0 Å². The summed E-state index contributed by atoms with van der Waals surface area (Å²) in [6.07, 6.45) is 2.22. The number of nitrogens with two attached hydrogens (primary N) is 1. The topological polar surface area (TPSA) is 76.2 Å². The Bertz CT molecular complexity index is 385. The maximum atomic E-state index is 10.9. The molecule has 3 N–H and O–H groups in total. The van der Waals surface area contributed by atoms with Crippen LogP contribution in [0.5, 0.6) is 0 Å². The van der Waals surface area contributed by atoms with Gasteiger partial charge in [-0.1, -0.05) is 23.2 Å². The molecular formula is C10H12Cl2N2O2. The van der Waals surface area contributed by atoms with Crippen molar-refractivity contribution in [1.29, 1.82) is 0 Å². The summed E-state index contributed by atoms with van der Waals surface area (Å²) in [5, 5.41) is 9.69. The van der Waals surface area contributed by atoms with Gasteiger partial charge in [-0.25, -0.2) is 4.98 Å². The Kier molecular flexibility index (Phi) is 4.99. The van der Waals surface area contributed by atoms with Crippen LogP contribution < -0.4 is 5.73 Å². The minimum Gasteiger partial charge on any atom is -0.481 e. The van der Waals surface area contributed by atoms with E-state index in [1.54, 1.807) is 0 Å².